The Balaban J connectivity index is 1.12. The third kappa shape index (κ3) is 6.48. The van der Waals surface area contributed by atoms with E-state index in [1.165, 1.54) is 44.1 Å². The van der Waals surface area contributed by atoms with Gasteiger partial charge in [-0.1, -0.05) is 0 Å². The zero-order chi connectivity index (χ0) is 31.2. The molecular weight excluding hydrogens is 559 g/mol. The van der Waals surface area contributed by atoms with Gasteiger partial charge in [0.1, 0.15) is 11.4 Å². The molecule has 1 aliphatic carbocycles. The van der Waals surface area contributed by atoms with Crippen molar-refractivity contribution in [2.75, 3.05) is 39.8 Å². The van der Waals surface area contributed by atoms with Crippen LogP contribution in [0, 0.1) is 36.4 Å². The van der Waals surface area contributed by atoms with E-state index >= 15 is 0 Å². The van der Waals surface area contributed by atoms with Crippen LogP contribution in [0.25, 0.3) is 16.6 Å². The average Bonchev–Trinajstić information content (AvgIpc) is 3.56. The van der Waals surface area contributed by atoms with Crippen molar-refractivity contribution >= 4 is 23.0 Å². The van der Waals surface area contributed by atoms with E-state index in [4.69, 9.17) is 9.47 Å². The lowest BCUT2D eigenvalue weighted by Crippen LogP contribution is -2.49. The third-order valence-electron chi connectivity index (χ3n) is 9.61. The Bertz CT molecular complexity index is 1530. The van der Waals surface area contributed by atoms with Gasteiger partial charge in [-0.3, -0.25) is 4.98 Å². The van der Waals surface area contributed by atoms with E-state index < -0.39 is 17.4 Å². The number of amides is 1. The van der Waals surface area contributed by atoms with Gasteiger partial charge >= 0.3 is 12.1 Å². The number of aromatic nitrogens is 2. The molecule has 2 aliphatic heterocycles. The first-order chi connectivity index (χ1) is 21.0. The Labute approximate surface area is 259 Å². The molecule has 0 N–H and O–H groups in total. The number of hydrogen-bond acceptors (Lipinski definition) is 6. The van der Waals surface area contributed by atoms with Crippen LogP contribution in [-0.2, 0) is 15.9 Å². The van der Waals surface area contributed by atoms with Gasteiger partial charge < -0.3 is 23.8 Å². The molecule has 1 aromatic carbocycles. The SMILES string of the molecule is COC(=O)c1cc(F)ccc1-n1cc(C[C@@H]2CCN(CC3CC4CC(C3)CN(C(=O)OC(C)(C)C)C4)C2)c2c(C)cncc21. The van der Waals surface area contributed by atoms with Crippen LogP contribution in [0.2, 0.25) is 0 Å². The average molecular weight is 605 g/mol. The molecule has 3 aromatic rings. The minimum absolute atomic E-state index is 0.165. The lowest BCUT2D eigenvalue weighted by Gasteiger charge is -2.45. The van der Waals surface area contributed by atoms with E-state index in [9.17, 15) is 14.0 Å². The first kappa shape index (κ1) is 30.6. The lowest BCUT2D eigenvalue weighted by molar-refractivity contribution is -0.00456. The lowest BCUT2D eigenvalue weighted by atomic mass is 9.72. The number of piperidine rings is 1. The maximum atomic E-state index is 14.1. The number of rotatable bonds is 6. The van der Waals surface area contributed by atoms with Crippen molar-refractivity contribution in [3.8, 4) is 5.69 Å². The number of halogens is 1. The molecule has 8 nitrogen and oxygen atoms in total. The molecule has 3 fully saturated rings. The highest BCUT2D eigenvalue weighted by atomic mass is 19.1. The first-order valence-corrected chi connectivity index (χ1v) is 16.0. The number of esters is 1. The number of carbonyl (C=O) groups is 2. The monoisotopic (exact) mass is 604 g/mol. The highest BCUT2D eigenvalue weighted by Gasteiger charge is 2.39. The maximum absolute atomic E-state index is 14.1. The molecule has 236 valence electrons. The van der Waals surface area contributed by atoms with E-state index in [0.29, 0.717) is 29.4 Å². The molecule has 6 rings (SSSR count). The standard InChI is InChI=1S/C35H45FN4O4/c1-22-15-37-16-31-32(22)27(21-40(31)30-7-6-28(36)14-29(30)33(41)43-5)13-23-8-9-38(17-23)18-24-10-25-12-26(11-24)20-39(19-25)34(42)44-35(2,3)4/h6-7,14-16,21,23-26H,8-13,17-20H2,1-5H3/t23-,24?,25?,26?/m0/s1. The summed E-state index contributed by atoms with van der Waals surface area (Å²) in [6.45, 7) is 12.8. The van der Waals surface area contributed by atoms with Crippen molar-refractivity contribution < 1.29 is 23.5 Å². The second-order valence-electron chi connectivity index (χ2n) is 14.3. The summed E-state index contributed by atoms with van der Waals surface area (Å²) in [6, 6.07) is 4.25. The molecule has 0 spiro atoms. The zero-order valence-electron chi connectivity index (χ0n) is 26.6. The Morgan fingerprint density at radius 2 is 1.80 bits per heavy atom. The van der Waals surface area contributed by atoms with E-state index in [2.05, 4.69) is 23.0 Å². The summed E-state index contributed by atoms with van der Waals surface area (Å²) in [5.41, 5.74) is 3.53. The van der Waals surface area contributed by atoms with Crippen LogP contribution >= 0.6 is 0 Å². The van der Waals surface area contributed by atoms with Crippen LogP contribution in [0.3, 0.4) is 0 Å². The van der Waals surface area contributed by atoms with Crippen molar-refractivity contribution in [2.24, 2.45) is 23.7 Å². The smallest absolute Gasteiger partial charge is 0.410 e. The van der Waals surface area contributed by atoms with Crippen LogP contribution < -0.4 is 0 Å². The number of nitrogens with zero attached hydrogens (tertiary/aromatic N) is 4. The number of hydrogen-bond donors (Lipinski definition) is 0. The van der Waals surface area contributed by atoms with Crippen molar-refractivity contribution in [1.29, 1.82) is 0 Å². The molecule has 2 unspecified atom stereocenters. The molecule has 9 heteroatoms. The number of ether oxygens (including phenoxy) is 2. The number of pyridine rings is 1. The zero-order valence-corrected chi connectivity index (χ0v) is 26.6. The van der Waals surface area contributed by atoms with Gasteiger partial charge in [-0.15, -0.1) is 0 Å². The first-order valence-electron chi connectivity index (χ1n) is 16.0. The summed E-state index contributed by atoms with van der Waals surface area (Å²) < 4.78 is 26.7. The number of methoxy groups -OCH3 is 1. The van der Waals surface area contributed by atoms with E-state index in [1.54, 1.807) is 6.07 Å². The fourth-order valence-electron chi connectivity index (χ4n) is 8.03. The van der Waals surface area contributed by atoms with Crippen molar-refractivity contribution in [3.05, 3.63) is 59.3 Å². The molecule has 1 amide bonds. The van der Waals surface area contributed by atoms with Gasteiger partial charge in [-0.25, -0.2) is 14.0 Å². The third-order valence-corrected chi connectivity index (χ3v) is 9.61. The summed E-state index contributed by atoms with van der Waals surface area (Å²) >= 11 is 0. The number of aryl methyl sites for hydroxylation is 1. The van der Waals surface area contributed by atoms with Crippen molar-refractivity contribution in [1.82, 2.24) is 19.4 Å². The minimum Gasteiger partial charge on any atom is -0.465 e. The molecule has 1 saturated carbocycles. The van der Waals surface area contributed by atoms with Gasteiger partial charge in [0, 0.05) is 44.0 Å². The normalized spacial score (nSPS) is 24.1. The second kappa shape index (κ2) is 12.1. The van der Waals surface area contributed by atoms with Crippen LogP contribution in [0.15, 0.2) is 36.8 Å². The summed E-state index contributed by atoms with van der Waals surface area (Å²) in [6.07, 6.45) is 11.3. The number of likely N-dealkylation sites (tertiary alicyclic amines) is 2. The summed E-state index contributed by atoms with van der Waals surface area (Å²) in [5.74, 6) is 1.27. The molecular formula is C35H45FN4O4. The largest absolute Gasteiger partial charge is 0.465 e. The molecule has 2 saturated heterocycles. The summed E-state index contributed by atoms with van der Waals surface area (Å²) in [4.78, 5) is 34.3. The predicted molar refractivity (Wildman–Crippen MR) is 167 cm³/mol. The van der Waals surface area contributed by atoms with Crippen LogP contribution in [0.4, 0.5) is 9.18 Å². The molecule has 2 aromatic heterocycles. The Hall–Kier alpha value is -3.46. The number of benzene rings is 1. The van der Waals surface area contributed by atoms with Crippen LogP contribution in [0.5, 0.6) is 0 Å². The van der Waals surface area contributed by atoms with Crippen LogP contribution in [0.1, 0.15) is 67.9 Å². The van der Waals surface area contributed by atoms with Crippen LogP contribution in [-0.4, -0.2) is 76.8 Å². The topological polar surface area (TPSA) is 76.9 Å². The highest BCUT2D eigenvalue weighted by Crippen LogP contribution is 2.40. The van der Waals surface area contributed by atoms with E-state index in [0.717, 1.165) is 62.0 Å². The Kier molecular flexibility index (Phi) is 8.44. The van der Waals surface area contributed by atoms with Crippen molar-refractivity contribution in [2.45, 2.75) is 65.4 Å². The second-order valence-corrected chi connectivity index (χ2v) is 14.3. The van der Waals surface area contributed by atoms with Gasteiger partial charge in [0.2, 0.25) is 0 Å². The Morgan fingerprint density at radius 3 is 2.50 bits per heavy atom. The summed E-state index contributed by atoms with van der Waals surface area (Å²) in [7, 11) is 1.31. The van der Waals surface area contributed by atoms with Gasteiger partial charge in [0.05, 0.1) is 30.1 Å². The fraction of sp³-hybridized carbons (Fsp3) is 0.571. The van der Waals surface area contributed by atoms with Gasteiger partial charge in [0.15, 0.2) is 0 Å². The van der Waals surface area contributed by atoms with E-state index in [-0.39, 0.29) is 11.7 Å². The van der Waals surface area contributed by atoms with Gasteiger partial charge in [-0.2, -0.15) is 0 Å². The summed E-state index contributed by atoms with van der Waals surface area (Å²) in [5, 5.41) is 1.15. The minimum atomic E-state index is -0.570. The molecule has 3 atom stereocenters. The molecule has 44 heavy (non-hydrogen) atoms. The Morgan fingerprint density at radius 1 is 1.05 bits per heavy atom. The predicted octanol–water partition coefficient (Wildman–Crippen LogP) is 6.41. The highest BCUT2D eigenvalue weighted by molar-refractivity contribution is 5.95. The molecule has 2 bridgehead atoms. The molecule has 3 aliphatic rings. The fourth-order valence-corrected chi connectivity index (χ4v) is 8.03. The maximum Gasteiger partial charge on any atom is 0.410 e. The quantitative estimate of drug-likeness (QED) is 0.303. The number of fused-ring (bicyclic) bond motifs is 3. The van der Waals surface area contributed by atoms with Crippen molar-refractivity contribution in [3.63, 3.8) is 0 Å². The van der Waals surface area contributed by atoms with E-state index in [1.807, 2.05) is 42.6 Å². The molecule has 0 radical (unpaired) electrons. The molecule has 4 heterocycles. The van der Waals surface area contributed by atoms with Gasteiger partial charge in [-0.05, 0) is 119 Å². The number of carbonyl (C=O) groups excluding carboxylic acids is 2. The van der Waals surface area contributed by atoms with Gasteiger partial charge in [0.25, 0.3) is 0 Å².